The van der Waals surface area contributed by atoms with Gasteiger partial charge in [0.1, 0.15) is 5.82 Å². The fourth-order valence-corrected chi connectivity index (χ4v) is 2.86. The molecule has 1 aromatic carbocycles. The number of morpholine rings is 1. The van der Waals surface area contributed by atoms with Gasteiger partial charge in [-0.3, -0.25) is 4.79 Å². The van der Waals surface area contributed by atoms with Gasteiger partial charge < -0.3 is 19.7 Å². The van der Waals surface area contributed by atoms with Crippen LogP contribution >= 0.6 is 0 Å². The maximum atomic E-state index is 12.6. The molecular weight excluding hydrogens is 318 g/mol. The molecule has 0 spiro atoms. The molecule has 1 amide bonds. The van der Waals surface area contributed by atoms with Crippen molar-refractivity contribution in [1.29, 1.82) is 0 Å². The predicted octanol–water partition coefficient (Wildman–Crippen LogP) is 2.63. The minimum absolute atomic E-state index is 0.156. The summed E-state index contributed by atoms with van der Waals surface area (Å²) >= 11 is 0. The molecular formula is C19H23N3O3. The largest absolute Gasteiger partial charge is 0.380 e. The Morgan fingerprint density at radius 2 is 2.00 bits per heavy atom. The minimum Gasteiger partial charge on any atom is -0.380 e. The summed E-state index contributed by atoms with van der Waals surface area (Å²) in [4.78, 5) is 19.5. The number of hydrogen-bond donors (Lipinski definition) is 1. The molecule has 6 nitrogen and oxygen atoms in total. The van der Waals surface area contributed by atoms with E-state index in [9.17, 15) is 4.79 Å². The van der Waals surface area contributed by atoms with Crippen LogP contribution in [0.3, 0.4) is 0 Å². The van der Waals surface area contributed by atoms with E-state index in [1.807, 2.05) is 37.3 Å². The number of amides is 1. The first-order chi connectivity index (χ1) is 12.2. The third kappa shape index (κ3) is 4.15. The van der Waals surface area contributed by atoms with Crippen molar-refractivity contribution >= 4 is 17.4 Å². The first-order valence-electron chi connectivity index (χ1n) is 8.37. The van der Waals surface area contributed by atoms with Crippen molar-refractivity contribution in [2.24, 2.45) is 0 Å². The Bertz CT molecular complexity index is 742. The van der Waals surface area contributed by atoms with Crippen molar-refractivity contribution in [1.82, 2.24) is 4.98 Å². The van der Waals surface area contributed by atoms with E-state index in [-0.39, 0.29) is 5.91 Å². The van der Waals surface area contributed by atoms with Gasteiger partial charge in [0.15, 0.2) is 0 Å². The van der Waals surface area contributed by atoms with Gasteiger partial charge in [-0.25, -0.2) is 4.98 Å². The highest BCUT2D eigenvalue weighted by molar-refractivity contribution is 6.05. The predicted molar refractivity (Wildman–Crippen MR) is 97.1 cm³/mol. The third-order valence-corrected chi connectivity index (χ3v) is 4.22. The SMILES string of the molecule is COCc1ccccc1C(=O)Nc1ccc(N2CCOCC2)nc1C. The molecule has 1 aromatic heterocycles. The van der Waals surface area contributed by atoms with Gasteiger partial charge >= 0.3 is 0 Å². The summed E-state index contributed by atoms with van der Waals surface area (Å²) < 4.78 is 10.5. The van der Waals surface area contributed by atoms with Crippen molar-refractivity contribution in [3.8, 4) is 0 Å². The Balaban J connectivity index is 1.75. The molecule has 1 saturated heterocycles. The van der Waals surface area contributed by atoms with Crippen LogP contribution in [0.5, 0.6) is 0 Å². The van der Waals surface area contributed by atoms with Crippen molar-refractivity contribution in [2.45, 2.75) is 13.5 Å². The average molecular weight is 341 g/mol. The number of methoxy groups -OCH3 is 1. The molecule has 25 heavy (non-hydrogen) atoms. The number of nitrogens with one attached hydrogen (secondary N) is 1. The molecule has 0 unspecified atom stereocenters. The standard InChI is InChI=1S/C19H23N3O3/c1-14-17(7-8-18(20-14)22-9-11-25-12-10-22)21-19(23)16-6-4-3-5-15(16)13-24-2/h3-8H,9-13H2,1-2H3,(H,21,23). The van der Waals surface area contributed by atoms with Gasteiger partial charge in [0.2, 0.25) is 0 Å². The summed E-state index contributed by atoms with van der Waals surface area (Å²) in [6.07, 6.45) is 0. The Morgan fingerprint density at radius 1 is 1.24 bits per heavy atom. The summed E-state index contributed by atoms with van der Waals surface area (Å²) in [6, 6.07) is 11.3. The van der Waals surface area contributed by atoms with E-state index in [1.165, 1.54) is 0 Å². The van der Waals surface area contributed by atoms with E-state index in [4.69, 9.17) is 9.47 Å². The summed E-state index contributed by atoms with van der Waals surface area (Å²) in [5, 5.41) is 2.96. The minimum atomic E-state index is -0.156. The van der Waals surface area contributed by atoms with E-state index in [0.29, 0.717) is 17.9 Å². The van der Waals surface area contributed by atoms with Crippen LogP contribution in [-0.4, -0.2) is 44.3 Å². The van der Waals surface area contributed by atoms with Gasteiger partial charge in [-0.1, -0.05) is 18.2 Å². The second-order valence-corrected chi connectivity index (χ2v) is 5.95. The molecule has 1 fully saturated rings. The molecule has 1 aliphatic rings. The Labute approximate surface area is 147 Å². The number of pyridine rings is 1. The van der Waals surface area contributed by atoms with Crippen molar-refractivity contribution in [2.75, 3.05) is 43.6 Å². The summed E-state index contributed by atoms with van der Waals surface area (Å²) in [5.41, 5.74) is 2.98. The number of benzene rings is 1. The van der Waals surface area contributed by atoms with Crippen LogP contribution in [0.25, 0.3) is 0 Å². The molecule has 6 heteroatoms. The quantitative estimate of drug-likeness (QED) is 0.906. The van der Waals surface area contributed by atoms with E-state index >= 15 is 0 Å². The normalized spacial score (nSPS) is 14.4. The zero-order valence-corrected chi connectivity index (χ0v) is 14.6. The van der Waals surface area contributed by atoms with Gasteiger partial charge in [0.25, 0.3) is 5.91 Å². The third-order valence-electron chi connectivity index (χ3n) is 4.22. The molecule has 1 aliphatic heterocycles. The lowest BCUT2D eigenvalue weighted by Crippen LogP contribution is -2.36. The van der Waals surface area contributed by atoms with Crippen LogP contribution in [0.1, 0.15) is 21.6 Å². The topological polar surface area (TPSA) is 63.7 Å². The highest BCUT2D eigenvalue weighted by Crippen LogP contribution is 2.21. The molecule has 1 N–H and O–H groups in total. The van der Waals surface area contributed by atoms with Crippen LogP contribution in [0.2, 0.25) is 0 Å². The van der Waals surface area contributed by atoms with E-state index in [1.54, 1.807) is 13.2 Å². The number of rotatable bonds is 5. The number of hydrogen-bond acceptors (Lipinski definition) is 5. The van der Waals surface area contributed by atoms with Crippen molar-refractivity contribution in [3.05, 3.63) is 53.2 Å². The van der Waals surface area contributed by atoms with E-state index < -0.39 is 0 Å². The molecule has 0 atom stereocenters. The number of carbonyl (C=O) groups excluding carboxylic acids is 1. The number of ether oxygens (including phenoxy) is 2. The number of anilines is 2. The molecule has 3 rings (SSSR count). The second kappa shape index (κ2) is 8.09. The highest BCUT2D eigenvalue weighted by atomic mass is 16.5. The van der Waals surface area contributed by atoms with Gasteiger partial charge in [0, 0.05) is 25.8 Å². The number of aryl methyl sites for hydroxylation is 1. The molecule has 0 saturated carbocycles. The molecule has 0 radical (unpaired) electrons. The summed E-state index contributed by atoms with van der Waals surface area (Å²) in [5.74, 6) is 0.759. The van der Waals surface area contributed by atoms with Crippen LogP contribution in [0.4, 0.5) is 11.5 Å². The smallest absolute Gasteiger partial charge is 0.256 e. The zero-order chi connectivity index (χ0) is 17.6. The molecule has 2 aromatic rings. The first kappa shape index (κ1) is 17.4. The molecule has 132 valence electrons. The van der Waals surface area contributed by atoms with Crippen LogP contribution < -0.4 is 10.2 Å². The van der Waals surface area contributed by atoms with Gasteiger partial charge in [-0.2, -0.15) is 0 Å². The first-order valence-corrected chi connectivity index (χ1v) is 8.37. The van der Waals surface area contributed by atoms with E-state index in [0.717, 1.165) is 43.4 Å². The van der Waals surface area contributed by atoms with Crippen LogP contribution in [-0.2, 0) is 16.1 Å². The Morgan fingerprint density at radius 3 is 2.72 bits per heavy atom. The number of aromatic nitrogens is 1. The maximum Gasteiger partial charge on any atom is 0.256 e. The summed E-state index contributed by atoms with van der Waals surface area (Å²) in [6.45, 7) is 5.41. The van der Waals surface area contributed by atoms with Crippen LogP contribution in [0, 0.1) is 6.92 Å². The van der Waals surface area contributed by atoms with Crippen molar-refractivity contribution < 1.29 is 14.3 Å². The lowest BCUT2D eigenvalue weighted by molar-refractivity contribution is 0.102. The Kier molecular flexibility index (Phi) is 5.63. The fraction of sp³-hybridized carbons (Fsp3) is 0.368. The number of nitrogens with zero attached hydrogens (tertiary/aromatic N) is 2. The van der Waals surface area contributed by atoms with E-state index in [2.05, 4.69) is 15.2 Å². The van der Waals surface area contributed by atoms with Crippen molar-refractivity contribution in [3.63, 3.8) is 0 Å². The lowest BCUT2D eigenvalue weighted by atomic mass is 10.1. The Hall–Kier alpha value is -2.44. The second-order valence-electron chi connectivity index (χ2n) is 5.95. The highest BCUT2D eigenvalue weighted by Gasteiger charge is 2.15. The molecule has 0 bridgehead atoms. The molecule has 0 aliphatic carbocycles. The number of carbonyl (C=O) groups is 1. The summed E-state index contributed by atoms with van der Waals surface area (Å²) in [7, 11) is 1.62. The molecule has 2 heterocycles. The van der Waals surface area contributed by atoms with Crippen LogP contribution in [0.15, 0.2) is 36.4 Å². The zero-order valence-electron chi connectivity index (χ0n) is 14.6. The lowest BCUT2D eigenvalue weighted by Gasteiger charge is -2.28. The maximum absolute atomic E-state index is 12.6. The monoisotopic (exact) mass is 341 g/mol. The fourth-order valence-electron chi connectivity index (χ4n) is 2.86. The van der Waals surface area contributed by atoms with Gasteiger partial charge in [-0.15, -0.1) is 0 Å². The van der Waals surface area contributed by atoms with Gasteiger partial charge in [-0.05, 0) is 30.7 Å². The average Bonchev–Trinajstić information content (AvgIpc) is 2.65. The van der Waals surface area contributed by atoms with Gasteiger partial charge in [0.05, 0.1) is 31.2 Å².